The van der Waals surface area contributed by atoms with Crippen molar-refractivity contribution in [2.75, 3.05) is 13.1 Å². The third-order valence-corrected chi connectivity index (χ3v) is 4.71. The molecule has 2 atom stereocenters. The van der Waals surface area contributed by atoms with E-state index in [-0.39, 0.29) is 5.82 Å². The smallest absolute Gasteiger partial charge is 0.128 e. The molecular formula is C17H26BrFN2. The lowest BCUT2D eigenvalue weighted by Gasteiger charge is -2.30. The van der Waals surface area contributed by atoms with E-state index in [0.717, 1.165) is 29.5 Å². The summed E-state index contributed by atoms with van der Waals surface area (Å²) in [7, 11) is 0. The molecule has 0 saturated carbocycles. The molecule has 1 aromatic carbocycles. The molecule has 0 bridgehead atoms. The Hall–Kier alpha value is -0.450. The van der Waals surface area contributed by atoms with Crippen LogP contribution in [0.15, 0.2) is 22.7 Å². The highest BCUT2D eigenvalue weighted by Crippen LogP contribution is 2.20. The van der Waals surface area contributed by atoms with Crippen LogP contribution in [-0.4, -0.2) is 30.1 Å². The molecule has 2 unspecified atom stereocenters. The Kier molecular flexibility index (Phi) is 6.20. The maximum absolute atomic E-state index is 14.1. The molecule has 1 aromatic rings. The second-order valence-corrected chi connectivity index (χ2v) is 7.50. The summed E-state index contributed by atoms with van der Waals surface area (Å²) in [6.07, 6.45) is 2.29. The highest BCUT2D eigenvalue weighted by molar-refractivity contribution is 9.10. The van der Waals surface area contributed by atoms with Crippen LogP contribution < -0.4 is 5.32 Å². The van der Waals surface area contributed by atoms with E-state index in [1.54, 1.807) is 6.07 Å². The second-order valence-electron chi connectivity index (χ2n) is 6.58. The topological polar surface area (TPSA) is 15.3 Å². The van der Waals surface area contributed by atoms with Gasteiger partial charge in [0, 0.05) is 35.2 Å². The van der Waals surface area contributed by atoms with Gasteiger partial charge in [0.15, 0.2) is 0 Å². The quantitative estimate of drug-likeness (QED) is 0.869. The minimum atomic E-state index is -0.116. The van der Waals surface area contributed by atoms with Crippen LogP contribution in [0.2, 0.25) is 0 Å². The molecular weight excluding hydrogens is 331 g/mol. The zero-order chi connectivity index (χ0) is 15.4. The van der Waals surface area contributed by atoms with E-state index in [1.165, 1.54) is 6.42 Å². The summed E-state index contributed by atoms with van der Waals surface area (Å²) in [5.41, 5.74) is 0.787. The summed E-state index contributed by atoms with van der Waals surface area (Å²) in [6, 6.07) is 6.36. The number of hydrogen-bond donors (Lipinski definition) is 1. The van der Waals surface area contributed by atoms with Crippen molar-refractivity contribution in [2.45, 2.75) is 52.2 Å². The number of benzene rings is 1. The lowest BCUT2D eigenvalue weighted by atomic mass is 10.0. The number of rotatable bonds is 4. The van der Waals surface area contributed by atoms with Crippen molar-refractivity contribution in [3.8, 4) is 0 Å². The Morgan fingerprint density at radius 3 is 2.86 bits per heavy atom. The lowest BCUT2D eigenvalue weighted by molar-refractivity contribution is 0.187. The zero-order valence-electron chi connectivity index (χ0n) is 13.2. The summed E-state index contributed by atoms with van der Waals surface area (Å²) in [5, 5.41) is 3.64. The van der Waals surface area contributed by atoms with E-state index in [2.05, 4.69) is 46.9 Å². The van der Waals surface area contributed by atoms with E-state index < -0.39 is 0 Å². The van der Waals surface area contributed by atoms with E-state index in [1.807, 2.05) is 12.1 Å². The minimum absolute atomic E-state index is 0.116. The molecule has 0 aromatic heterocycles. The van der Waals surface area contributed by atoms with Gasteiger partial charge < -0.3 is 5.32 Å². The van der Waals surface area contributed by atoms with E-state index in [9.17, 15) is 4.39 Å². The van der Waals surface area contributed by atoms with Gasteiger partial charge in [-0.05, 0) is 44.4 Å². The molecule has 2 nitrogen and oxygen atoms in total. The minimum Gasteiger partial charge on any atom is -0.313 e. The number of hydrogen-bond acceptors (Lipinski definition) is 2. The summed E-state index contributed by atoms with van der Waals surface area (Å²) >= 11 is 3.32. The van der Waals surface area contributed by atoms with Crippen molar-refractivity contribution in [1.29, 1.82) is 0 Å². The van der Waals surface area contributed by atoms with Crippen molar-refractivity contribution in [3.63, 3.8) is 0 Å². The van der Waals surface area contributed by atoms with Crippen LogP contribution in [0.5, 0.6) is 0 Å². The van der Waals surface area contributed by atoms with E-state index >= 15 is 0 Å². The van der Waals surface area contributed by atoms with Crippen molar-refractivity contribution >= 4 is 15.9 Å². The van der Waals surface area contributed by atoms with Gasteiger partial charge in [-0.2, -0.15) is 0 Å². The van der Waals surface area contributed by atoms with Crippen LogP contribution in [0, 0.1) is 11.7 Å². The maximum atomic E-state index is 14.1. The first kappa shape index (κ1) is 16.9. The molecule has 1 saturated heterocycles. The first-order chi connectivity index (χ1) is 9.95. The average molecular weight is 357 g/mol. The molecule has 1 N–H and O–H groups in total. The molecule has 118 valence electrons. The Labute approximate surface area is 136 Å². The second kappa shape index (κ2) is 7.70. The summed E-state index contributed by atoms with van der Waals surface area (Å²) in [5.74, 6) is 0.566. The van der Waals surface area contributed by atoms with Crippen LogP contribution in [0.3, 0.4) is 0 Å². The fourth-order valence-corrected chi connectivity index (χ4v) is 3.36. The monoisotopic (exact) mass is 356 g/mol. The highest BCUT2D eigenvalue weighted by Gasteiger charge is 2.24. The van der Waals surface area contributed by atoms with Gasteiger partial charge in [-0.1, -0.05) is 35.8 Å². The van der Waals surface area contributed by atoms with Gasteiger partial charge in [0.1, 0.15) is 5.82 Å². The van der Waals surface area contributed by atoms with Gasteiger partial charge in [-0.25, -0.2) is 4.39 Å². The normalized spacial score (nSPS) is 24.3. The molecule has 0 aliphatic carbocycles. The highest BCUT2D eigenvalue weighted by atomic mass is 79.9. The Balaban J connectivity index is 2.07. The average Bonchev–Trinajstić information content (AvgIpc) is 2.55. The molecule has 4 heteroatoms. The van der Waals surface area contributed by atoms with Crippen LogP contribution in [-0.2, 0) is 6.54 Å². The number of halogens is 2. The largest absolute Gasteiger partial charge is 0.313 e. The molecule has 2 rings (SSSR count). The fourth-order valence-electron chi connectivity index (χ4n) is 3.02. The first-order valence-electron chi connectivity index (χ1n) is 7.87. The third-order valence-electron chi connectivity index (χ3n) is 4.22. The van der Waals surface area contributed by atoms with Crippen molar-refractivity contribution in [3.05, 3.63) is 34.1 Å². The van der Waals surface area contributed by atoms with Crippen LogP contribution in [0.25, 0.3) is 0 Å². The zero-order valence-corrected chi connectivity index (χ0v) is 14.8. The van der Waals surface area contributed by atoms with Gasteiger partial charge >= 0.3 is 0 Å². The maximum Gasteiger partial charge on any atom is 0.128 e. The molecule has 1 fully saturated rings. The van der Waals surface area contributed by atoms with Crippen LogP contribution >= 0.6 is 15.9 Å². The summed E-state index contributed by atoms with van der Waals surface area (Å²) < 4.78 is 14.9. The van der Waals surface area contributed by atoms with Gasteiger partial charge in [0.2, 0.25) is 0 Å². The third kappa shape index (κ3) is 5.04. The summed E-state index contributed by atoms with van der Waals surface area (Å²) in [6.45, 7) is 9.50. The number of nitrogens with zero attached hydrogens (tertiary/aromatic N) is 1. The van der Waals surface area contributed by atoms with Gasteiger partial charge in [0.05, 0.1) is 0 Å². The predicted molar refractivity (Wildman–Crippen MR) is 89.8 cm³/mol. The molecule has 21 heavy (non-hydrogen) atoms. The van der Waals surface area contributed by atoms with Crippen molar-refractivity contribution in [2.24, 2.45) is 5.92 Å². The van der Waals surface area contributed by atoms with Gasteiger partial charge in [-0.3, -0.25) is 4.90 Å². The van der Waals surface area contributed by atoms with Crippen LogP contribution in [0.1, 0.15) is 39.2 Å². The molecule has 1 aliphatic rings. The first-order valence-corrected chi connectivity index (χ1v) is 8.66. The lowest BCUT2D eigenvalue weighted by Crippen LogP contribution is -2.40. The van der Waals surface area contributed by atoms with Gasteiger partial charge in [0.25, 0.3) is 0 Å². The van der Waals surface area contributed by atoms with Gasteiger partial charge in [-0.15, -0.1) is 0 Å². The van der Waals surface area contributed by atoms with Crippen LogP contribution in [0.4, 0.5) is 4.39 Å². The summed E-state index contributed by atoms with van der Waals surface area (Å²) in [4.78, 5) is 2.42. The molecule has 0 radical (unpaired) electrons. The predicted octanol–water partition coefficient (Wildman–Crippen LogP) is 4.19. The Bertz CT molecular complexity index is 464. The molecule has 0 spiro atoms. The van der Waals surface area contributed by atoms with Crippen molar-refractivity contribution < 1.29 is 4.39 Å². The molecule has 1 aliphatic heterocycles. The Morgan fingerprint density at radius 1 is 1.43 bits per heavy atom. The van der Waals surface area contributed by atoms with E-state index in [0.29, 0.717) is 24.5 Å². The van der Waals surface area contributed by atoms with E-state index in [4.69, 9.17) is 0 Å². The molecule has 0 amide bonds. The Morgan fingerprint density at radius 2 is 2.19 bits per heavy atom. The van der Waals surface area contributed by atoms with Crippen molar-refractivity contribution in [1.82, 2.24) is 10.2 Å². The molecule has 1 heterocycles. The fraction of sp³-hybridized carbons (Fsp3) is 0.647. The standard InChI is InChI=1S/C17H26BrFN2/c1-12(2)8-16-11-21(13(3)6-7-20-16)10-14-4-5-15(18)9-17(14)19/h4-5,9,12-13,16,20H,6-8,10-11H2,1-3H3. The SMILES string of the molecule is CC(C)CC1CN(Cc2ccc(Br)cc2F)C(C)CCN1. The number of nitrogens with one attached hydrogen (secondary N) is 1.